The zero-order valence-electron chi connectivity index (χ0n) is 16.1. The van der Waals surface area contributed by atoms with E-state index in [1.54, 1.807) is 11.0 Å². The average Bonchev–Trinajstić information content (AvgIpc) is 3.11. The van der Waals surface area contributed by atoms with E-state index < -0.39 is 0 Å². The molecule has 2 aliphatic heterocycles. The summed E-state index contributed by atoms with van der Waals surface area (Å²) in [5, 5.41) is 17.4. The van der Waals surface area contributed by atoms with Crippen molar-refractivity contribution in [3.8, 4) is 16.9 Å². The highest BCUT2D eigenvalue weighted by Crippen LogP contribution is 2.35. The first-order valence-corrected chi connectivity index (χ1v) is 10.1. The zero-order valence-corrected chi connectivity index (χ0v) is 16.1. The fourth-order valence-corrected chi connectivity index (χ4v) is 4.19. The van der Waals surface area contributed by atoms with E-state index >= 15 is 0 Å². The van der Waals surface area contributed by atoms with Crippen molar-refractivity contribution >= 4 is 23.0 Å². The molecular weight excluding hydrogens is 362 g/mol. The van der Waals surface area contributed by atoms with E-state index in [-0.39, 0.29) is 11.7 Å². The highest BCUT2D eigenvalue weighted by molar-refractivity contribution is 6.08. The predicted molar refractivity (Wildman–Crippen MR) is 117 cm³/mol. The number of rotatable bonds is 2. The van der Waals surface area contributed by atoms with Gasteiger partial charge in [0, 0.05) is 36.4 Å². The number of nitrogens with one attached hydrogen (secondary N) is 2. The van der Waals surface area contributed by atoms with Gasteiger partial charge in [-0.05, 0) is 66.4 Å². The first-order chi connectivity index (χ1) is 14.2. The summed E-state index contributed by atoms with van der Waals surface area (Å²) < 4.78 is 0. The highest BCUT2D eigenvalue weighted by Gasteiger charge is 2.23. The van der Waals surface area contributed by atoms with Crippen LogP contribution in [-0.4, -0.2) is 30.6 Å². The number of fused-ring (bicyclic) bond motifs is 2. The van der Waals surface area contributed by atoms with Crippen LogP contribution in [0.5, 0.6) is 5.75 Å². The third kappa shape index (κ3) is 3.18. The Morgan fingerprint density at radius 1 is 0.931 bits per heavy atom. The van der Waals surface area contributed by atoms with Crippen molar-refractivity contribution in [3.05, 3.63) is 71.8 Å². The molecule has 3 aromatic carbocycles. The molecule has 0 bridgehead atoms. The monoisotopic (exact) mass is 385 g/mol. The first-order valence-electron chi connectivity index (χ1n) is 10.1. The van der Waals surface area contributed by atoms with Gasteiger partial charge < -0.3 is 20.6 Å². The number of para-hydroxylation sites is 2. The van der Waals surface area contributed by atoms with E-state index in [0.717, 1.165) is 54.1 Å². The highest BCUT2D eigenvalue weighted by atomic mass is 16.3. The van der Waals surface area contributed by atoms with Crippen LogP contribution in [-0.2, 0) is 6.42 Å². The third-order valence-electron chi connectivity index (χ3n) is 5.68. The Bertz CT molecular complexity index is 1090. The number of carbonyl (C=O) groups is 1. The lowest BCUT2D eigenvalue weighted by Gasteiger charge is -2.22. The van der Waals surface area contributed by atoms with Gasteiger partial charge >= 0.3 is 0 Å². The van der Waals surface area contributed by atoms with Crippen LogP contribution in [0.1, 0.15) is 22.3 Å². The Morgan fingerprint density at radius 3 is 2.69 bits per heavy atom. The molecular formula is C24H23N3O2. The number of nitrogens with zero attached hydrogens (tertiary/aromatic N) is 1. The summed E-state index contributed by atoms with van der Waals surface area (Å²) in [6, 6.07) is 19.3. The molecule has 5 heteroatoms. The molecule has 5 rings (SSSR count). The molecule has 2 aliphatic rings. The molecule has 3 N–H and O–H groups in total. The maximum atomic E-state index is 13.2. The number of phenols is 1. The summed E-state index contributed by atoms with van der Waals surface area (Å²) in [4.78, 5) is 15.0. The van der Waals surface area contributed by atoms with E-state index in [9.17, 15) is 9.90 Å². The summed E-state index contributed by atoms with van der Waals surface area (Å²) in [5.74, 6) is 0.0316. The van der Waals surface area contributed by atoms with Gasteiger partial charge in [0.05, 0.1) is 11.4 Å². The van der Waals surface area contributed by atoms with Crippen LogP contribution in [0.3, 0.4) is 0 Å². The molecule has 0 unspecified atom stereocenters. The first kappa shape index (κ1) is 17.6. The Balaban J connectivity index is 1.47. The standard InChI is InChI=1S/C24H23N3O2/c28-23-15-18(6-8-19(23)16-7-9-20-17(14-16)10-12-26-20)24(29)27-13-3-11-25-21-4-1-2-5-22(21)27/h1-2,4-9,14-15,25-26,28H,3,10-13H2. The summed E-state index contributed by atoms with van der Waals surface area (Å²) in [6.45, 7) is 2.42. The third-order valence-corrected chi connectivity index (χ3v) is 5.68. The number of phenolic OH excluding ortho intramolecular Hbond substituents is 1. The van der Waals surface area contributed by atoms with Crippen LogP contribution in [0.15, 0.2) is 60.7 Å². The lowest BCUT2D eigenvalue weighted by atomic mass is 9.99. The van der Waals surface area contributed by atoms with Crippen LogP contribution in [0.25, 0.3) is 11.1 Å². The second kappa shape index (κ2) is 7.17. The van der Waals surface area contributed by atoms with Crippen LogP contribution < -0.4 is 15.5 Å². The molecule has 146 valence electrons. The molecule has 0 saturated heterocycles. The minimum absolute atomic E-state index is 0.0962. The Morgan fingerprint density at radius 2 is 1.79 bits per heavy atom. The molecule has 0 atom stereocenters. The fraction of sp³-hybridized carbons (Fsp3) is 0.208. The molecule has 2 heterocycles. The van der Waals surface area contributed by atoms with Gasteiger partial charge in [-0.25, -0.2) is 0 Å². The molecule has 0 aliphatic carbocycles. The number of anilines is 3. The normalized spacial score (nSPS) is 15.0. The van der Waals surface area contributed by atoms with Gasteiger partial charge in [-0.3, -0.25) is 4.79 Å². The van der Waals surface area contributed by atoms with E-state index in [2.05, 4.69) is 22.8 Å². The molecule has 1 amide bonds. The number of carbonyl (C=O) groups excluding carboxylic acids is 1. The number of hydrogen-bond acceptors (Lipinski definition) is 4. The summed E-state index contributed by atoms with van der Waals surface area (Å²) in [7, 11) is 0. The second-order valence-corrected chi connectivity index (χ2v) is 7.53. The smallest absolute Gasteiger partial charge is 0.258 e. The molecule has 0 saturated carbocycles. The number of benzene rings is 3. The van der Waals surface area contributed by atoms with Crippen molar-refractivity contribution in [2.75, 3.05) is 35.2 Å². The van der Waals surface area contributed by atoms with E-state index in [1.165, 1.54) is 5.56 Å². The van der Waals surface area contributed by atoms with Gasteiger partial charge in [-0.15, -0.1) is 0 Å². The molecule has 3 aromatic rings. The maximum absolute atomic E-state index is 13.2. The van der Waals surface area contributed by atoms with Crippen LogP contribution in [0, 0.1) is 0 Å². The minimum Gasteiger partial charge on any atom is -0.507 e. The van der Waals surface area contributed by atoms with Crippen molar-refractivity contribution in [1.82, 2.24) is 0 Å². The molecule has 0 radical (unpaired) electrons. The van der Waals surface area contributed by atoms with Gasteiger partial charge in [0.25, 0.3) is 5.91 Å². The summed E-state index contributed by atoms with van der Waals surface area (Å²) >= 11 is 0. The second-order valence-electron chi connectivity index (χ2n) is 7.53. The zero-order chi connectivity index (χ0) is 19.8. The summed E-state index contributed by atoms with van der Waals surface area (Å²) in [6.07, 6.45) is 1.86. The van der Waals surface area contributed by atoms with Gasteiger partial charge in [-0.1, -0.05) is 18.2 Å². The van der Waals surface area contributed by atoms with Gasteiger partial charge in [0.2, 0.25) is 0 Å². The van der Waals surface area contributed by atoms with E-state index in [4.69, 9.17) is 0 Å². The number of hydrogen-bond donors (Lipinski definition) is 3. The van der Waals surface area contributed by atoms with Crippen LogP contribution >= 0.6 is 0 Å². The van der Waals surface area contributed by atoms with Gasteiger partial charge in [-0.2, -0.15) is 0 Å². The predicted octanol–water partition coefficient (Wildman–Crippen LogP) is 4.49. The van der Waals surface area contributed by atoms with Crippen molar-refractivity contribution in [2.45, 2.75) is 12.8 Å². The summed E-state index contributed by atoms with van der Waals surface area (Å²) in [5.41, 5.74) is 6.47. The lowest BCUT2D eigenvalue weighted by Crippen LogP contribution is -2.31. The van der Waals surface area contributed by atoms with Crippen molar-refractivity contribution in [3.63, 3.8) is 0 Å². The molecule has 0 aromatic heterocycles. The SMILES string of the molecule is O=C(c1ccc(-c2ccc3c(c2)CCN3)c(O)c1)N1CCCNc2ccccc21. The molecule has 0 spiro atoms. The van der Waals surface area contributed by atoms with Crippen LogP contribution in [0.4, 0.5) is 17.1 Å². The number of amides is 1. The van der Waals surface area contributed by atoms with E-state index in [0.29, 0.717) is 12.1 Å². The lowest BCUT2D eigenvalue weighted by molar-refractivity contribution is 0.0987. The van der Waals surface area contributed by atoms with E-state index in [1.807, 2.05) is 42.5 Å². The van der Waals surface area contributed by atoms with Gasteiger partial charge in [0.1, 0.15) is 5.75 Å². The van der Waals surface area contributed by atoms with Crippen molar-refractivity contribution in [1.29, 1.82) is 0 Å². The Hall–Kier alpha value is -3.47. The Labute approximate surface area is 170 Å². The Kier molecular flexibility index (Phi) is 4.35. The van der Waals surface area contributed by atoms with Crippen LogP contribution in [0.2, 0.25) is 0 Å². The fourth-order valence-electron chi connectivity index (χ4n) is 4.19. The quantitative estimate of drug-likeness (QED) is 0.608. The largest absolute Gasteiger partial charge is 0.507 e. The maximum Gasteiger partial charge on any atom is 0.258 e. The average molecular weight is 385 g/mol. The minimum atomic E-state index is -0.0962. The number of aromatic hydroxyl groups is 1. The molecule has 5 nitrogen and oxygen atoms in total. The molecule has 29 heavy (non-hydrogen) atoms. The van der Waals surface area contributed by atoms with Gasteiger partial charge in [0.15, 0.2) is 0 Å². The van der Waals surface area contributed by atoms with Crippen molar-refractivity contribution < 1.29 is 9.90 Å². The van der Waals surface area contributed by atoms with Crippen molar-refractivity contribution in [2.24, 2.45) is 0 Å². The molecule has 0 fully saturated rings. The topological polar surface area (TPSA) is 64.6 Å².